The summed E-state index contributed by atoms with van der Waals surface area (Å²) in [6.45, 7) is 39.0. The van der Waals surface area contributed by atoms with Gasteiger partial charge in [0.1, 0.15) is 0 Å². The second-order valence-electron chi connectivity index (χ2n) is 32.3. The van der Waals surface area contributed by atoms with Crippen molar-refractivity contribution in [2.45, 2.75) is 183 Å². The van der Waals surface area contributed by atoms with Crippen molar-refractivity contribution < 1.29 is 0 Å². The van der Waals surface area contributed by atoms with Gasteiger partial charge in [0.05, 0.1) is 0 Å². The minimum absolute atomic E-state index is 0.0395. The third-order valence-electron chi connectivity index (χ3n) is 24.7. The van der Waals surface area contributed by atoms with Gasteiger partial charge in [0.15, 0.2) is 0 Å². The molecule has 0 N–H and O–H groups in total. The second-order valence-corrected chi connectivity index (χ2v) is 32.3. The van der Waals surface area contributed by atoms with E-state index in [1.165, 1.54) is 121 Å². The van der Waals surface area contributed by atoms with Crippen LogP contribution in [0.5, 0.6) is 0 Å². The number of fused-ring (bicyclic) bond motifs is 12. The van der Waals surface area contributed by atoms with Gasteiger partial charge in [-0.25, -0.2) is 0 Å². The summed E-state index contributed by atoms with van der Waals surface area (Å²) in [5, 5.41) is 8.84. The number of hydrogen-bond acceptors (Lipinski definition) is 0. The summed E-state index contributed by atoms with van der Waals surface area (Å²) in [7, 11) is 0. The maximum Gasteiger partial charge on any atom is 0.0167 e. The number of aryl methyl sites for hydroxylation is 3. The lowest BCUT2D eigenvalue weighted by Crippen LogP contribution is -2.32. The molecule has 0 fully saturated rings. The lowest BCUT2D eigenvalue weighted by Gasteiger charge is -2.39. The zero-order valence-electron chi connectivity index (χ0n) is 55.7. The molecule has 0 radical (unpaired) electrons. The average molecular weight is 1150 g/mol. The summed E-state index contributed by atoms with van der Waals surface area (Å²) < 4.78 is 0. The number of allylic oxidation sites excluding steroid dienone is 20. The van der Waals surface area contributed by atoms with Crippen molar-refractivity contribution in [3.8, 4) is 0 Å². The van der Waals surface area contributed by atoms with E-state index in [9.17, 15) is 0 Å². The van der Waals surface area contributed by atoms with Crippen molar-refractivity contribution >= 4 is 44.8 Å². The first kappa shape index (κ1) is 56.2. The molecule has 16 rings (SSSR count). The van der Waals surface area contributed by atoms with E-state index in [4.69, 9.17) is 0 Å². The summed E-state index contributed by atoms with van der Waals surface area (Å²) in [6, 6.07) is 33.1. The molecule has 0 bridgehead atoms. The zero-order chi connectivity index (χ0) is 61.2. The van der Waals surface area contributed by atoms with Gasteiger partial charge >= 0.3 is 0 Å². The van der Waals surface area contributed by atoms with E-state index in [-0.39, 0.29) is 39.4 Å². The Bertz CT molecular complexity index is 4660. The number of benzene rings is 6. The summed E-state index contributed by atoms with van der Waals surface area (Å²) in [4.78, 5) is 0. The molecule has 8 atom stereocenters. The Morgan fingerprint density at radius 2 is 1.10 bits per heavy atom. The molecule has 0 saturated carbocycles. The first-order valence-electron chi connectivity index (χ1n) is 33.9. The molecule has 8 unspecified atom stereocenters. The minimum Gasteiger partial charge on any atom is -0.0811 e. The molecule has 0 aliphatic heterocycles. The lowest BCUT2D eigenvalue weighted by molar-refractivity contribution is 0.245. The molecular weight excluding hydrogens is 1060 g/mol. The third kappa shape index (κ3) is 8.20. The monoisotopic (exact) mass is 1150 g/mol. The number of hydrogen-bond donors (Lipinski definition) is 0. The highest BCUT2D eigenvalue weighted by atomic mass is 14.5. The quantitative estimate of drug-likeness (QED) is 0.154. The first-order valence-corrected chi connectivity index (χ1v) is 33.9. The van der Waals surface area contributed by atoms with Gasteiger partial charge in [0, 0.05) is 34.5 Å². The van der Waals surface area contributed by atoms with Crippen LogP contribution in [-0.2, 0) is 29.1 Å². The van der Waals surface area contributed by atoms with E-state index < -0.39 is 0 Å². The fraction of sp³-hybridized carbons (Fsp3) is 0.386. The van der Waals surface area contributed by atoms with E-state index >= 15 is 0 Å². The molecule has 0 saturated heterocycles. The van der Waals surface area contributed by atoms with E-state index in [0.29, 0.717) is 29.6 Å². The largest absolute Gasteiger partial charge is 0.0811 e. The molecular formula is C88H92. The molecule has 88 heavy (non-hydrogen) atoms. The van der Waals surface area contributed by atoms with Gasteiger partial charge in [-0.15, -0.1) is 0 Å². The molecule has 444 valence electrons. The molecule has 0 heteroatoms. The first-order chi connectivity index (χ1) is 41.8. The summed E-state index contributed by atoms with van der Waals surface area (Å²) in [5.74, 6) is 2.55. The molecule has 6 aromatic rings. The highest BCUT2D eigenvalue weighted by Gasteiger charge is 2.50. The third-order valence-corrected chi connectivity index (χ3v) is 24.7. The second kappa shape index (κ2) is 19.3. The Labute approximate surface area is 526 Å². The van der Waals surface area contributed by atoms with Crippen molar-refractivity contribution in [2.75, 3.05) is 0 Å². The summed E-state index contributed by atoms with van der Waals surface area (Å²) in [6.07, 6.45) is 35.2. The molecule has 0 amide bonds. The van der Waals surface area contributed by atoms with Crippen LogP contribution < -0.4 is 10.4 Å². The van der Waals surface area contributed by atoms with Crippen LogP contribution in [0.15, 0.2) is 184 Å². The van der Waals surface area contributed by atoms with Crippen LogP contribution in [0.4, 0.5) is 0 Å². The van der Waals surface area contributed by atoms with Crippen LogP contribution >= 0.6 is 0 Å². The van der Waals surface area contributed by atoms with Gasteiger partial charge in [-0.2, -0.15) is 0 Å². The molecule has 0 heterocycles. The van der Waals surface area contributed by atoms with Crippen LogP contribution in [-0.4, -0.2) is 0 Å². The number of rotatable bonds is 4. The van der Waals surface area contributed by atoms with Crippen LogP contribution in [0.2, 0.25) is 0 Å². The standard InChI is InChI=1S/C88H92/c1-47-18-17-19-61-65(28-51(5)35-73(61)85(9,10)27-26-47)55-39-59-40-56(66-29-52(6)36-77-82(66)62-23-20-48(2)32-74(62)86(77,11)12)45-71-72-46-58(68-31-54(8)38-79-84(68)64-25-22-50(4)34-76(64)88(79,15)16)42-60-41-57(44-70(81(60)72)69(43-55)80(59)71)67-30-53(7)37-78-83(67)63-24-21-49(3)33-75(63)87(78,13)14/h17-18,20-26,28-34,36-37,39-44,56,58,66-67,73,79,82-83H,19,27,35,38,45-46H2,1-16H3. The topological polar surface area (TPSA) is 0 Å². The Morgan fingerprint density at radius 1 is 0.500 bits per heavy atom. The normalized spacial score (nSPS) is 27.9. The van der Waals surface area contributed by atoms with Gasteiger partial charge in [0.2, 0.25) is 0 Å². The van der Waals surface area contributed by atoms with Gasteiger partial charge in [-0.3, -0.25) is 0 Å². The smallest absolute Gasteiger partial charge is 0.0167 e. The van der Waals surface area contributed by atoms with Gasteiger partial charge in [0.25, 0.3) is 0 Å². The van der Waals surface area contributed by atoms with Crippen LogP contribution in [0.25, 0.3) is 44.8 Å². The van der Waals surface area contributed by atoms with Crippen LogP contribution in [0.1, 0.15) is 206 Å². The molecule has 6 aromatic carbocycles. The maximum absolute atomic E-state index is 2.83. The van der Waals surface area contributed by atoms with E-state index in [1.54, 1.807) is 44.6 Å². The Morgan fingerprint density at radius 3 is 1.82 bits per heavy atom. The molecule has 10 aliphatic rings. The SMILES string of the molecule is CC1=CCC(C)(C)C2CC(C)=CC(c3cc4c5c(c6c7c(cc(C8C=C(C)C=C9C8c8ccc(C)cc8C9(C)C)cc7c5c3)=CC(C3=C5c7ccc(C)cc7C(C)(C)C5CC(C)=C3)C6)CC(C3C=C(C)C=C5C3c3ccc(C)cc3C5(C)C)C=4)=C2CC=C1. The Kier molecular flexibility index (Phi) is 12.3. The van der Waals surface area contributed by atoms with E-state index in [2.05, 4.69) is 256 Å². The summed E-state index contributed by atoms with van der Waals surface area (Å²) in [5.41, 5.74) is 36.0. The highest BCUT2D eigenvalue weighted by Crippen LogP contribution is 2.62. The molecule has 0 aromatic heterocycles. The maximum atomic E-state index is 2.83. The van der Waals surface area contributed by atoms with Crippen LogP contribution in [0.3, 0.4) is 0 Å². The van der Waals surface area contributed by atoms with Crippen molar-refractivity contribution in [1.29, 1.82) is 0 Å². The average Bonchev–Trinajstić information content (AvgIpc) is 1.08. The Balaban J connectivity index is 1.01. The molecule has 0 spiro atoms. The highest BCUT2D eigenvalue weighted by molar-refractivity contribution is 6.13. The predicted molar refractivity (Wildman–Crippen MR) is 376 cm³/mol. The van der Waals surface area contributed by atoms with Gasteiger partial charge in [-0.1, -0.05) is 244 Å². The summed E-state index contributed by atoms with van der Waals surface area (Å²) >= 11 is 0. The van der Waals surface area contributed by atoms with E-state index in [1.807, 2.05) is 0 Å². The minimum atomic E-state index is -0.0611. The fourth-order valence-electron chi connectivity index (χ4n) is 20.3. The molecule has 10 aliphatic carbocycles. The van der Waals surface area contributed by atoms with Gasteiger partial charge < -0.3 is 0 Å². The lowest BCUT2D eigenvalue weighted by atomic mass is 9.65. The molecule has 0 nitrogen and oxygen atoms in total. The van der Waals surface area contributed by atoms with Crippen LogP contribution in [0, 0.1) is 55.8 Å². The predicted octanol–water partition coefficient (Wildman–Crippen LogP) is 21.2. The van der Waals surface area contributed by atoms with Gasteiger partial charge in [-0.05, 0) is 251 Å². The van der Waals surface area contributed by atoms with Crippen molar-refractivity contribution in [2.24, 2.45) is 35.0 Å². The fourth-order valence-corrected chi connectivity index (χ4v) is 20.3. The van der Waals surface area contributed by atoms with Crippen molar-refractivity contribution in [3.63, 3.8) is 0 Å². The zero-order valence-corrected chi connectivity index (χ0v) is 55.7. The Hall–Kier alpha value is -7.02. The van der Waals surface area contributed by atoms with E-state index in [0.717, 1.165) is 38.5 Å². The van der Waals surface area contributed by atoms with Crippen molar-refractivity contribution in [1.82, 2.24) is 0 Å². The van der Waals surface area contributed by atoms with Crippen molar-refractivity contribution in [3.05, 3.63) is 266 Å².